The quantitative estimate of drug-likeness (QED) is 0.154. The molecule has 3 saturated heterocycles. The van der Waals surface area contributed by atoms with Crippen molar-refractivity contribution in [3.05, 3.63) is 83.2 Å². The highest BCUT2D eigenvalue weighted by atomic mass is 16.5. The van der Waals surface area contributed by atoms with Crippen LogP contribution in [0.1, 0.15) is 66.1 Å². The van der Waals surface area contributed by atoms with E-state index in [1.807, 2.05) is 39.0 Å². The first-order valence-corrected chi connectivity index (χ1v) is 17.5. The van der Waals surface area contributed by atoms with E-state index in [0.717, 1.165) is 77.4 Å². The van der Waals surface area contributed by atoms with Crippen LogP contribution < -0.4 is 15.4 Å². The number of aromatic nitrogens is 6. The second-order valence-corrected chi connectivity index (χ2v) is 13.7. The van der Waals surface area contributed by atoms with Gasteiger partial charge in [-0.25, -0.2) is 15.0 Å². The van der Waals surface area contributed by atoms with E-state index in [1.54, 1.807) is 0 Å². The molecule has 3 aromatic heterocycles. The molecule has 5 N–H and O–H groups in total. The van der Waals surface area contributed by atoms with E-state index < -0.39 is 0 Å². The van der Waals surface area contributed by atoms with E-state index >= 15 is 0 Å². The summed E-state index contributed by atoms with van der Waals surface area (Å²) in [6.07, 6.45) is 5.37. The molecule has 10 heteroatoms. The second kappa shape index (κ2) is 14.5. The van der Waals surface area contributed by atoms with Crippen LogP contribution in [0.15, 0.2) is 54.6 Å². The van der Waals surface area contributed by atoms with E-state index in [9.17, 15) is 0 Å². The van der Waals surface area contributed by atoms with Gasteiger partial charge in [0.2, 0.25) is 0 Å². The number of piperidine rings is 2. The number of rotatable bonds is 4. The maximum Gasteiger partial charge on any atom is 0.123 e. The molecule has 252 valence electrons. The highest BCUT2D eigenvalue weighted by Gasteiger charge is 2.20. The molecule has 0 aliphatic carbocycles. The molecule has 0 atom stereocenters. The fourth-order valence-corrected chi connectivity index (χ4v) is 7.04. The Balaban J connectivity index is 0.000000114. The molecule has 48 heavy (non-hydrogen) atoms. The molecule has 0 radical (unpaired) electrons. The Bertz CT molecular complexity index is 1960. The SMILES string of the molecule is Cc1nc2ccc(C3CCN(C)CC3)cc2[nH]1.Cc1nc2ccc(C3CCNCC3)cc2[nH]1.Cc1nc2ccc(OC3CNC3)cc2[nH]1. The van der Waals surface area contributed by atoms with Gasteiger partial charge < -0.3 is 35.2 Å². The molecule has 9 rings (SSSR count). The number of imidazole rings is 3. The number of ether oxygens (including phenoxy) is 1. The topological polar surface area (TPSA) is 123 Å². The Morgan fingerprint density at radius 2 is 1.08 bits per heavy atom. The zero-order valence-corrected chi connectivity index (χ0v) is 28.7. The number of hydrogen-bond donors (Lipinski definition) is 5. The first-order chi connectivity index (χ1) is 23.4. The van der Waals surface area contributed by atoms with Gasteiger partial charge in [-0.3, -0.25) is 0 Å². The first-order valence-electron chi connectivity index (χ1n) is 17.5. The third kappa shape index (κ3) is 7.72. The Morgan fingerprint density at radius 3 is 1.58 bits per heavy atom. The third-order valence-electron chi connectivity index (χ3n) is 9.87. The van der Waals surface area contributed by atoms with Crippen LogP contribution in [0.5, 0.6) is 5.75 Å². The Kier molecular flexibility index (Phi) is 9.74. The number of fused-ring (bicyclic) bond motifs is 3. The van der Waals surface area contributed by atoms with Crippen LogP contribution in [-0.2, 0) is 0 Å². The smallest absolute Gasteiger partial charge is 0.123 e. The zero-order chi connectivity index (χ0) is 33.0. The van der Waals surface area contributed by atoms with Gasteiger partial charge in [-0.05, 0) is 139 Å². The highest BCUT2D eigenvalue weighted by molar-refractivity contribution is 5.77. The van der Waals surface area contributed by atoms with Gasteiger partial charge in [0.15, 0.2) is 0 Å². The molecular weight excluding hydrogens is 598 g/mol. The molecule has 3 fully saturated rings. The minimum Gasteiger partial charge on any atom is -0.488 e. The molecule has 3 aliphatic heterocycles. The molecule has 0 bridgehead atoms. The Hall–Kier alpha value is -4.25. The van der Waals surface area contributed by atoms with Gasteiger partial charge in [0, 0.05) is 19.2 Å². The van der Waals surface area contributed by atoms with Crippen LogP contribution in [0.3, 0.4) is 0 Å². The van der Waals surface area contributed by atoms with Crippen molar-refractivity contribution in [3.8, 4) is 5.75 Å². The van der Waals surface area contributed by atoms with Crippen molar-refractivity contribution >= 4 is 33.1 Å². The minimum atomic E-state index is 0.325. The van der Waals surface area contributed by atoms with Crippen LogP contribution in [0.25, 0.3) is 33.1 Å². The lowest BCUT2D eigenvalue weighted by atomic mass is 9.89. The van der Waals surface area contributed by atoms with E-state index in [0.29, 0.717) is 12.0 Å². The standard InChI is InChI=1S/C14H19N3.C13H17N3.C11H13N3O/c1-10-15-13-4-3-12(9-14(13)16-10)11-5-7-17(2)8-6-11;1-9-15-12-3-2-11(8-13(12)16-9)10-4-6-14-7-5-10;1-7-13-10-3-2-8(4-11(10)14-7)15-9-5-12-6-9/h3-4,9,11H,5-8H2,1-2H3,(H,15,16);2-3,8,10,14H,4-7H2,1H3,(H,15,16);2-4,9,12H,5-6H2,1H3,(H,13,14). The fraction of sp³-hybridized carbons (Fsp3) is 0.447. The lowest BCUT2D eigenvalue weighted by Gasteiger charge is -2.29. The van der Waals surface area contributed by atoms with Crippen molar-refractivity contribution in [1.82, 2.24) is 45.4 Å². The van der Waals surface area contributed by atoms with E-state index in [4.69, 9.17) is 4.74 Å². The number of nitrogens with one attached hydrogen (secondary N) is 5. The van der Waals surface area contributed by atoms with E-state index in [2.05, 4.69) is 88.9 Å². The fourth-order valence-electron chi connectivity index (χ4n) is 7.04. The van der Waals surface area contributed by atoms with E-state index in [1.165, 1.54) is 60.9 Å². The van der Waals surface area contributed by atoms with Crippen molar-refractivity contribution in [1.29, 1.82) is 0 Å². The monoisotopic (exact) mass is 647 g/mol. The van der Waals surface area contributed by atoms with Gasteiger partial charge in [-0.1, -0.05) is 12.1 Å². The summed E-state index contributed by atoms with van der Waals surface area (Å²) >= 11 is 0. The van der Waals surface area contributed by atoms with Crippen molar-refractivity contribution < 1.29 is 4.74 Å². The predicted octanol–water partition coefficient (Wildman–Crippen LogP) is 6.24. The lowest BCUT2D eigenvalue weighted by molar-refractivity contribution is 0.142. The molecule has 0 spiro atoms. The number of likely N-dealkylation sites (tertiary alicyclic amines) is 1. The van der Waals surface area contributed by atoms with Gasteiger partial charge in [-0.2, -0.15) is 0 Å². The van der Waals surface area contributed by atoms with Crippen LogP contribution in [0.4, 0.5) is 0 Å². The van der Waals surface area contributed by atoms with Crippen LogP contribution in [0.2, 0.25) is 0 Å². The van der Waals surface area contributed by atoms with Crippen LogP contribution >= 0.6 is 0 Å². The maximum absolute atomic E-state index is 5.76. The Labute approximate surface area is 282 Å². The van der Waals surface area contributed by atoms with Gasteiger partial charge in [0.25, 0.3) is 0 Å². The number of benzene rings is 3. The summed E-state index contributed by atoms with van der Waals surface area (Å²) in [6, 6.07) is 19.3. The largest absolute Gasteiger partial charge is 0.488 e. The number of hydrogen-bond acceptors (Lipinski definition) is 7. The van der Waals surface area contributed by atoms with Gasteiger partial charge in [0.05, 0.1) is 33.1 Å². The molecule has 3 aromatic carbocycles. The predicted molar refractivity (Wildman–Crippen MR) is 194 cm³/mol. The molecule has 6 heterocycles. The van der Waals surface area contributed by atoms with Crippen molar-refractivity contribution in [3.63, 3.8) is 0 Å². The number of H-pyrrole nitrogens is 3. The molecule has 3 aliphatic rings. The van der Waals surface area contributed by atoms with Crippen molar-refractivity contribution in [2.75, 3.05) is 46.3 Å². The molecule has 6 aromatic rings. The summed E-state index contributed by atoms with van der Waals surface area (Å²) in [5.41, 5.74) is 9.47. The molecule has 0 amide bonds. The minimum absolute atomic E-state index is 0.325. The highest BCUT2D eigenvalue weighted by Crippen LogP contribution is 2.30. The molecule has 0 saturated carbocycles. The summed E-state index contributed by atoms with van der Waals surface area (Å²) in [7, 11) is 2.21. The van der Waals surface area contributed by atoms with Gasteiger partial charge in [-0.15, -0.1) is 0 Å². The summed E-state index contributed by atoms with van der Waals surface area (Å²) in [4.78, 5) is 25.5. The molecular formula is C38H49N9O. The zero-order valence-electron chi connectivity index (χ0n) is 28.7. The lowest BCUT2D eigenvalue weighted by Crippen LogP contribution is -2.50. The first kappa shape index (κ1) is 32.3. The average molecular weight is 648 g/mol. The molecule has 10 nitrogen and oxygen atoms in total. The van der Waals surface area contributed by atoms with Gasteiger partial charge >= 0.3 is 0 Å². The van der Waals surface area contributed by atoms with Gasteiger partial charge in [0.1, 0.15) is 29.3 Å². The number of nitrogens with zero attached hydrogens (tertiary/aromatic N) is 4. The number of aryl methyl sites for hydroxylation is 3. The summed E-state index contributed by atoms with van der Waals surface area (Å²) in [5.74, 6) is 5.29. The van der Waals surface area contributed by atoms with Crippen molar-refractivity contribution in [2.24, 2.45) is 0 Å². The third-order valence-corrected chi connectivity index (χ3v) is 9.87. The maximum atomic E-state index is 5.76. The van der Waals surface area contributed by atoms with Crippen LogP contribution in [0, 0.1) is 20.8 Å². The Morgan fingerprint density at radius 1 is 0.604 bits per heavy atom. The summed E-state index contributed by atoms with van der Waals surface area (Å²) < 4.78 is 5.76. The van der Waals surface area contributed by atoms with E-state index in [-0.39, 0.29) is 0 Å². The average Bonchev–Trinajstić information content (AvgIpc) is 3.76. The summed E-state index contributed by atoms with van der Waals surface area (Å²) in [6.45, 7) is 12.6. The number of aromatic amines is 3. The summed E-state index contributed by atoms with van der Waals surface area (Å²) in [5, 5.41) is 6.58. The van der Waals surface area contributed by atoms with Crippen LogP contribution in [-0.4, -0.2) is 87.2 Å². The molecule has 0 unspecified atom stereocenters. The second-order valence-electron chi connectivity index (χ2n) is 13.7. The van der Waals surface area contributed by atoms with Crippen molar-refractivity contribution in [2.45, 2.75) is 64.4 Å². The normalized spacial score (nSPS) is 17.9.